The standard InChI is InChI=1S/C24H31N5O3/c1-16(2)22(17-10-11-19(31-3)20(14-17)32-4)25-24(30)28-12-7-8-18(15-28)23-27-26-21-9-5-6-13-29(21)23/h5-6,9-11,13-14,16,18,22H,7-8,12,15H2,1-4H3,(H,25,30)/t18-,22-/m1/s1. The van der Waals surface area contributed by atoms with Gasteiger partial charge in [-0.05, 0) is 48.6 Å². The van der Waals surface area contributed by atoms with Gasteiger partial charge in [-0.2, -0.15) is 0 Å². The molecule has 8 nitrogen and oxygen atoms in total. The van der Waals surface area contributed by atoms with Crippen molar-refractivity contribution in [2.75, 3.05) is 27.3 Å². The molecule has 1 saturated heterocycles. The molecular formula is C24H31N5O3. The Morgan fingerprint density at radius 1 is 1.12 bits per heavy atom. The number of nitrogens with one attached hydrogen (secondary N) is 1. The Bertz CT molecular complexity index is 1080. The number of rotatable bonds is 6. The number of nitrogens with zero attached hydrogens (tertiary/aromatic N) is 4. The van der Waals surface area contributed by atoms with Crippen LogP contribution in [0.25, 0.3) is 5.65 Å². The van der Waals surface area contributed by atoms with E-state index < -0.39 is 0 Å². The average molecular weight is 438 g/mol. The van der Waals surface area contributed by atoms with Crippen LogP contribution in [0.5, 0.6) is 11.5 Å². The molecule has 1 N–H and O–H groups in total. The van der Waals surface area contributed by atoms with E-state index in [1.165, 1.54) is 0 Å². The molecule has 4 rings (SSSR count). The summed E-state index contributed by atoms with van der Waals surface area (Å²) in [5, 5.41) is 11.9. The molecule has 8 heteroatoms. The summed E-state index contributed by atoms with van der Waals surface area (Å²) in [6.07, 6.45) is 3.90. The lowest BCUT2D eigenvalue weighted by molar-refractivity contribution is 0.171. The molecule has 0 spiro atoms. The molecule has 1 aliphatic rings. The number of ether oxygens (including phenoxy) is 2. The first-order valence-corrected chi connectivity index (χ1v) is 11.1. The number of hydrogen-bond acceptors (Lipinski definition) is 5. The van der Waals surface area contributed by atoms with E-state index in [1.54, 1.807) is 14.2 Å². The number of aromatic nitrogens is 3. The zero-order valence-electron chi connectivity index (χ0n) is 19.1. The SMILES string of the molecule is COc1ccc([C@H](NC(=O)N2CCC[C@@H](c3nnc4ccccn34)C2)C(C)C)cc1OC. The fourth-order valence-corrected chi connectivity index (χ4v) is 4.42. The summed E-state index contributed by atoms with van der Waals surface area (Å²) < 4.78 is 12.8. The van der Waals surface area contributed by atoms with Gasteiger partial charge in [0.2, 0.25) is 0 Å². The first kappa shape index (κ1) is 21.9. The molecule has 1 fully saturated rings. The van der Waals surface area contributed by atoms with Crippen molar-refractivity contribution in [2.24, 2.45) is 5.92 Å². The fraction of sp³-hybridized carbons (Fsp3) is 0.458. The second kappa shape index (κ2) is 9.46. The number of urea groups is 1. The van der Waals surface area contributed by atoms with Crippen molar-refractivity contribution in [3.05, 3.63) is 54.0 Å². The predicted octanol–water partition coefficient (Wildman–Crippen LogP) is 4.03. The molecule has 32 heavy (non-hydrogen) atoms. The molecule has 0 radical (unpaired) electrons. The van der Waals surface area contributed by atoms with E-state index in [2.05, 4.69) is 29.4 Å². The first-order chi connectivity index (χ1) is 15.5. The van der Waals surface area contributed by atoms with E-state index in [1.807, 2.05) is 51.9 Å². The highest BCUT2D eigenvalue weighted by Gasteiger charge is 2.30. The number of piperidine rings is 1. The smallest absolute Gasteiger partial charge is 0.317 e. The number of benzene rings is 1. The zero-order valence-corrected chi connectivity index (χ0v) is 19.1. The Kier molecular flexibility index (Phi) is 6.48. The third kappa shape index (κ3) is 4.35. The van der Waals surface area contributed by atoms with Crippen molar-refractivity contribution < 1.29 is 14.3 Å². The maximum atomic E-state index is 13.3. The lowest BCUT2D eigenvalue weighted by Gasteiger charge is -2.34. The summed E-state index contributed by atoms with van der Waals surface area (Å²) in [4.78, 5) is 15.2. The van der Waals surface area contributed by atoms with Gasteiger partial charge in [-0.3, -0.25) is 4.40 Å². The summed E-state index contributed by atoms with van der Waals surface area (Å²) >= 11 is 0. The number of methoxy groups -OCH3 is 2. The largest absolute Gasteiger partial charge is 0.493 e. The lowest BCUT2D eigenvalue weighted by atomic mass is 9.95. The van der Waals surface area contributed by atoms with Crippen LogP contribution < -0.4 is 14.8 Å². The van der Waals surface area contributed by atoms with Gasteiger partial charge in [0.15, 0.2) is 17.1 Å². The summed E-state index contributed by atoms with van der Waals surface area (Å²) in [5.74, 6) is 2.60. The quantitative estimate of drug-likeness (QED) is 0.630. The summed E-state index contributed by atoms with van der Waals surface area (Å²) in [6, 6.07) is 11.5. The number of carbonyl (C=O) groups excluding carboxylic acids is 1. The highest BCUT2D eigenvalue weighted by Crippen LogP contribution is 2.33. The molecular weight excluding hydrogens is 406 g/mol. The van der Waals surface area contributed by atoms with Crippen molar-refractivity contribution in [2.45, 2.75) is 38.6 Å². The van der Waals surface area contributed by atoms with Crippen molar-refractivity contribution in [3.63, 3.8) is 0 Å². The maximum Gasteiger partial charge on any atom is 0.317 e. The molecule has 2 atom stereocenters. The number of hydrogen-bond donors (Lipinski definition) is 1. The molecule has 0 bridgehead atoms. The Morgan fingerprint density at radius 2 is 1.94 bits per heavy atom. The average Bonchev–Trinajstić information content (AvgIpc) is 3.26. The van der Waals surface area contributed by atoms with Crippen LogP contribution in [0.15, 0.2) is 42.6 Å². The van der Waals surface area contributed by atoms with Crippen LogP contribution in [0.2, 0.25) is 0 Å². The van der Waals surface area contributed by atoms with Gasteiger partial charge in [-0.1, -0.05) is 26.0 Å². The van der Waals surface area contributed by atoms with Crippen LogP contribution in [-0.4, -0.2) is 52.8 Å². The zero-order chi connectivity index (χ0) is 22.7. The Balaban J connectivity index is 1.50. The second-order valence-electron chi connectivity index (χ2n) is 8.56. The van der Waals surface area contributed by atoms with E-state index in [4.69, 9.17) is 9.47 Å². The highest BCUT2D eigenvalue weighted by atomic mass is 16.5. The van der Waals surface area contributed by atoms with Gasteiger partial charge in [0, 0.05) is 25.2 Å². The van der Waals surface area contributed by atoms with E-state index >= 15 is 0 Å². The molecule has 1 aliphatic heterocycles. The van der Waals surface area contributed by atoms with Gasteiger partial charge in [0.25, 0.3) is 0 Å². The number of carbonyl (C=O) groups is 1. The summed E-state index contributed by atoms with van der Waals surface area (Å²) in [7, 11) is 3.23. The minimum absolute atomic E-state index is 0.0583. The number of fused-ring (bicyclic) bond motifs is 1. The van der Waals surface area contributed by atoms with Crippen molar-refractivity contribution >= 4 is 11.7 Å². The molecule has 0 aliphatic carbocycles. The molecule has 0 unspecified atom stereocenters. The minimum Gasteiger partial charge on any atom is -0.493 e. The van der Waals surface area contributed by atoms with E-state index in [9.17, 15) is 4.79 Å². The summed E-state index contributed by atoms with van der Waals surface area (Å²) in [6.45, 7) is 5.56. The predicted molar refractivity (Wildman–Crippen MR) is 122 cm³/mol. The first-order valence-electron chi connectivity index (χ1n) is 11.1. The molecule has 2 aromatic heterocycles. The maximum absolute atomic E-state index is 13.3. The normalized spacial score (nSPS) is 17.4. The molecule has 0 saturated carbocycles. The third-order valence-electron chi connectivity index (χ3n) is 6.13. The molecule has 2 amide bonds. The summed E-state index contributed by atoms with van der Waals surface area (Å²) in [5.41, 5.74) is 1.82. The number of pyridine rings is 1. The van der Waals surface area contributed by atoms with Gasteiger partial charge in [-0.25, -0.2) is 4.79 Å². The Labute approximate surface area is 188 Å². The topological polar surface area (TPSA) is 81.0 Å². The van der Waals surface area contributed by atoms with Crippen molar-refractivity contribution in [3.8, 4) is 11.5 Å². The lowest BCUT2D eigenvalue weighted by Crippen LogP contribution is -2.47. The molecule has 170 valence electrons. The van der Waals surface area contributed by atoms with Crippen LogP contribution in [0.3, 0.4) is 0 Å². The van der Waals surface area contributed by atoms with Gasteiger partial charge >= 0.3 is 6.03 Å². The van der Waals surface area contributed by atoms with Crippen molar-refractivity contribution in [1.29, 1.82) is 0 Å². The third-order valence-corrected chi connectivity index (χ3v) is 6.13. The highest BCUT2D eigenvalue weighted by molar-refractivity contribution is 5.75. The van der Waals surface area contributed by atoms with Crippen LogP contribution in [0.1, 0.15) is 50.0 Å². The number of likely N-dealkylation sites (tertiary alicyclic amines) is 1. The van der Waals surface area contributed by atoms with Crippen LogP contribution >= 0.6 is 0 Å². The van der Waals surface area contributed by atoms with Gasteiger partial charge < -0.3 is 19.7 Å². The van der Waals surface area contributed by atoms with Crippen molar-refractivity contribution in [1.82, 2.24) is 24.8 Å². The second-order valence-corrected chi connectivity index (χ2v) is 8.56. The van der Waals surface area contributed by atoms with Gasteiger partial charge in [0.1, 0.15) is 5.82 Å². The fourth-order valence-electron chi connectivity index (χ4n) is 4.42. The molecule has 3 aromatic rings. The Morgan fingerprint density at radius 3 is 2.69 bits per heavy atom. The van der Waals surface area contributed by atoms with Crippen LogP contribution in [0.4, 0.5) is 4.79 Å². The van der Waals surface area contributed by atoms with E-state index in [-0.39, 0.29) is 23.9 Å². The van der Waals surface area contributed by atoms with Crippen LogP contribution in [0, 0.1) is 5.92 Å². The minimum atomic E-state index is -0.142. The van der Waals surface area contributed by atoms with E-state index in [0.717, 1.165) is 36.4 Å². The molecule has 1 aromatic carbocycles. The Hall–Kier alpha value is -3.29. The van der Waals surface area contributed by atoms with E-state index in [0.29, 0.717) is 18.0 Å². The number of amides is 2. The molecule has 3 heterocycles. The van der Waals surface area contributed by atoms with Gasteiger partial charge in [-0.15, -0.1) is 10.2 Å². The monoisotopic (exact) mass is 437 g/mol. The van der Waals surface area contributed by atoms with Gasteiger partial charge in [0.05, 0.1) is 20.3 Å². The van der Waals surface area contributed by atoms with Crippen LogP contribution in [-0.2, 0) is 0 Å².